The zero-order valence-electron chi connectivity index (χ0n) is 21.7. The fraction of sp³-hybridized carbons (Fsp3) is 0.172. The van der Waals surface area contributed by atoms with Crippen LogP contribution < -0.4 is 20.7 Å². The number of benzene rings is 4. The van der Waals surface area contributed by atoms with E-state index in [2.05, 4.69) is 113 Å². The van der Waals surface area contributed by atoms with Crippen LogP contribution in [0.4, 0.5) is 0 Å². The third-order valence-corrected chi connectivity index (χ3v) is 16.1. The number of hydrogen-bond donors (Lipinski definition) is 0. The summed E-state index contributed by atoms with van der Waals surface area (Å²) in [5.74, 6) is 0.415. The zero-order valence-corrected chi connectivity index (χ0v) is 21.2. The fourth-order valence-electron chi connectivity index (χ4n) is 4.68. The molecule has 0 atom stereocenters. The van der Waals surface area contributed by atoms with E-state index in [1.165, 1.54) is 21.5 Å². The first kappa shape index (κ1) is 19.1. The van der Waals surface area contributed by atoms with Crippen LogP contribution in [0.15, 0.2) is 97.1 Å². The Morgan fingerprint density at radius 2 is 1.16 bits per heavy atom. The number of rotatable bonds is 6. The van der Waals surface area contributed by atoms with E-state index in [1.54, 1.807) is 0 Å². The summed E-state index contributed by atoms with van der Waals surface area (Å²) < 4.78 is 28.1. The number of aryl methyl sites for hydroxylation is 1. The molecule has 0 aliphatic rings. The molecular formula is C29H30BrOP. The summed E-state index contributed by atoms with van der Waals surface area (Å²) in [6.45, 7) is 6.05. The predicted octanol–water partition coefficient (Wildman–Crippen LogP) is 6.96. The summed E-state index contributed by atoms with van der Waals surface area (Å²) in [5, 5.41) is 0.559. The topological polar surface area (TPSA) is 9.23 Å². The molecule has 164 valence electrons. The van der Waals surface area contributed by atoms with Crippen LogP contribution in [0.25, 0.3) is 0 Å². The van der Waals surface area contributed by atoms with Crippen LogP contribution >= 0.6 is 20.8 Å². The second-order valence-electron chi connectivity index (χ2n) is 8.37. The number of ether oxygens (including phenoxy) is 1. The molecule has 4 aromatic rings. The molecule has 0 aliphatic carbocycles. The molecule has 0 N–H and O–H groups in total. The molecule has 0 spiro atoms. The van der Waals surface area contributed by atoms with Gasteiger partial charge in [0.15, 0.2) is 0 Å². The first-order chi connectivity index (χ1) is 16.5. The van der Waals surface area contributed by atoms with E-state index in [9.17, 15) is 0 Å². The second-order valence-corrected chi connectivity index (χ2v) is 17.3. The van der Waals surface area contributed by atoms with Gasteiger partial charge < -0.3 is 0 Å². The molecule has 0 amide bonds. The molecule has 3 heteroatoms. The van der Waals surface area contributed by atoms with Crippen molar-refractivity contribution in [2.24, 2.45) is 0 Å². The summed E-state index contributed by atoms with van der Waals surface area (Å²) in [5.41, 5.74) is 4.13. The van der Waals surface area contributed by atoms with Crippen molar-refractivity contribution in [2.75, 3.05) is 7.04 Å². The molecule has 0 heterocycles. The first-order valence-corrected chi connectivity index (χ1v) is 15.2. The standard InChI is InChI=1S/C29H30BrOP/c1-22-20-29(31-4)24(3)23(2)28(22)21-32(30,25-14-8-5-9-15-25,26-16-10-6-11-17-26)27-18-12-7-13-19-27/h5-20H,21H2,1-4H3/i4D3. The average molecular weight is 508 g/mol. The van der Waals surface area contributed by atoms with Crippen molar-refractivity contribution >= 4 is 36.7 Å². The Bertz CT molecular complexity index is 1220. The van der Waals surface area contributed by atoms with Crippen molar-refractivity contribution < 1.29 is 8.85 Å². The summed E-state index contributed by atoms with van der Waals surface area (Å²) in [7, 11) is -2.49. The molecule has 0 fully saturated rings. The van der Waals surface area contributed by atoms with Gasteiger partial charge in [-0.15, -0.1) is 0 Å². The SMILES string of the molecule is [2H]C([2H])([2H])Oc1cc(C)c(CP(Br)(c2ccccc2)(c2ccccc2)c2ccccc2)c(C)c1C. The molecule has 0 radical (unpaired) electrons. The monoisotopic (exact) mass is 507 g/mol. The van der Waals surface area contributed by atoms with E-state index in [0.717, 1.165) is 22.9 Å². The molecule has 1 nitrogen and oxygen atoms in total. The molecule has 4 rings (SSSR count). The van der Waals surface area contributed by atoms with E-state index in [-0.39, 0.29) is 0 Å². The van der Waals surface area contributed by atoms with Crippen LogP contribution in [-0.2, 0) is 6.16 Å². The minimum absolute atomic E-state index is 0.415. The Kier molecular flexibility index (Phi) is 5.28. The zero-order chi connectivity index (χ0) is 25.3. The third kappa shape index (κ3) is 3.60. The van der Waals surface area contributed by atoms with Crippen molar-refractivity contribution in [1.29, 1.82) is 0 Å². The Labute approximate surface area is 204 Å². The van der Waals surface area contributed by atoms with Gasteiger partial charge in [0.1, 0.15) is 0 Å². The normalized spacial score (nSPS) is 14.5. The van der Waals surface area contributed by atoms with Gasteiger partial charge in [0, 0.05) is 0 Å². The number of halogens is 1. The molecule has 0 saturated heterocycles. The third-order valence-electron chi connectivity index (χ3n) is 6.66. The Morgan fingerprint density at radius 3 is 1.56 bits per heavy atom. The molecular weight excluding hydrogens is 475 g/mol. The fourth-order valence-corrected chi connectivity index (χ4v) is 12.5. The molecule has 0 bridgehead atoms. The van der Waals surface area contributed by atoms with Gasteiger partial charge in [-0.1, -0.05) is 0 Å². The van der Waals surface area contributed by atoms with Crippen LogP contribution in [0.5, 0.6) is 5.75 Å². The maximum atomic E-state index is 7.58. The van der Waals surface area contributed by atoms with Gasteiger partial charge in [-0.25, -0.2) is 0 Å². The van der Waals surface area contributed by atoms with Crippen molar-refractivity contribution in [3.05, 3.63) is 119 Å². The Balaban J connectivity index is 2.05. The quantitative estimate of drug-likeness (QED) is 0.256. The molecule has 0 unspecified atom stereocenters. The van der Waals surface area contributed by atoms with Crippen molar-refractivity contribution in [2.45, 2.75) is 26.9 Å². The van der Waals surface area contributed by atoms with Crippen molar-refractivity contribution in [3.8, 4) is 5.75 Å². The summed E-state index contributed by atoms with van der Waals surface area (Å²) in [6, 6.07) is 33.9. The number of hydrogen-bond acceptors (Lipinski definition) is 1. The molecule has 0 saturated carbocycles. The van der Waals surface area contributed by atoms with Gasteiger partial charge in [0.05, 0.1) is 0 Å². The van der Waals surface area contributed by atoms with Gasteiger partial charge >= 0.3 is 205 Å². The molecule has 4 aromatic carbocycles. The molecule has 0 aliphatic heterocycles. The summed E-state index contributed by atoms with van der Waals surface area (Å²) >= 11 is 4.52. The van der Waals surface area contributed by atoms with Crippen molar-refractivity contribution in [1.82, 2.24) is 0 Å². The van der Waals surface area contributed by atoms with E-state index in [0.29, 0.717) is 5.75 Å². The number of methoxy groups -OCH3 is 1. The molecule has 0 aromatic heterocycles. The van der Waals surface area contributed by atoms with Gasteiger partial charge in [-0.2, -0.15) is 0 Å². The van der Waals surface area contributed by atoms with Crippen molar-refractivity contribution in [3.63, 3.8) is 0 Å². The molecule has 32 heavy (non-hydrogen) atoms. The maximum absolute atomic E-state index is 7.58. The van der Waals surface area contributed by atoms with E-state index < -0.39 is 12.3 Å². The minimum atomic E-state index is -3.18. The van der Waals surface area contributed by atoms with Crippen LogP contribution in [0.2, 0.25) is 0 Å². The van der Waals surface area contributed by atoms with Gasteiger partial charge in [-0.05, 0) is 0 Å². The Morgan fingerprint density at radius 1 is 0.719 bits per heavy atom. The van der Waals surface area contributed by atoms with Crippen LogP contribution in [0, 0.1) is 20.8 Å². The second kappa shape index (κ2) is 8.85. The Hall–Kier alpha value is -2.41. The first-order valence-electron chi connectivity index (χ1n) is 12.2. The predicted molar refractivity (Wildman–Crippen MR) is 145 cm³/mol. The van der Waals surface area contributed by atoms with Crippen LogP contribution in [0.1, 0.15) is 26.4 Å². The van der Waals surface area contributed by atoms with E-state index in [4.69, 9.17) is 8.85 Å². The summed E-state index contributed by atoms with van der Waals surface area (Å²) in [4.78, 5) is 0. The average Bonchev–Trinajstić information content (AvgIpc) is 2.86. The van der Waals surface area contributed by atoms with Gasteiger partial charge in [0.2, 0.25) is 0 Å². The van der Waals surface area contributed by atoms with Gasteiger partial charge in [0.25, 0.3) is 0 Å². The summed E-state index contributed by atoms with van der Waals surface area (Å²) in [6.07, 6.45) is 0.746. The van der Waals surface area contributed by atoms with E-state index in [1.807, 2.05) is 19.9 Å². The van der Waals surface area contributed by atoms with E-state index >= 15 is 0 Å². The van der Waals surface area contributed by atoms with Crippen LogP contribution in [0.3, 0.4) is 0 Å². The van der Waals surface area contributed by atoms with Gasteiger partial charge in [-0.3, -0.25) is 0 Å². The van der Waals surface area contributed by atoms with Crippen LogP contribution in [-0.4, -0.2) is 7.04 Å².